The molecule has 0 aliphatic heterocycles. The van der Waals surface area contributed by atoms with E-state index in [9.17, 15) is 0 Å². The highest BCUT2D eigenvalue weighted by Crippen LogP contribution is 2.30. The highest BCUT2D eigenvalue weighted by atomic mass is 15.3. The van der Waals surface area contributed by atoms with Crippen molar-refractivity contribution in [2.75, 3.05) is 0 Å². The Labute approximate surface area is 108 Å². The first-order chi connectivity index (χ1) is 8.75. The summed E-state index contributed by atoms with van der Waals surface area (Å²) in [6.07, 6.45) is 3.37. The molecule has 1 aliphatic rings. The van der Waals surface area contributed by atoms with E-state index in [0.717, 1.165) is 25.1 Å². The van der Waals surface area contributed by atoms with Crippen LogP contribution < -0.4 is 5.73 Å². The molecule has 94 valence electrons. The largest absolute Gasteiger partial charge is 0.324 e. The fourth-order valence-electron chi connectivity index (χ4n) is 2.91. The molecule has 18 heavy (non-hydrogen) atoms. The molecule has 3 nitrogen and oxygen atoms in total. The molecule has 0 radical (unpaired) electrons. The van der Waals surface area contributed by atoms with Crippen LogP contribution in [0.25, 0.3) is 0 Å². The van der Waals surface area contributed by atoms with Crippen LogP contribution in [0.5, 0.6) is 0 Å². The molecule has 1 aromatic carbocycles. The third-order valence-corrected chi connectivity index (χ3v) is 3.76. The molecule has 1 aromatic heterocycles. The highest BCUT2D eigenvalue weighted by Gasteiger charge is 2.24. The Balaban J connectivity index is 1.96. The van der Waals surface area contributed by atoms with Gasteiger partial charge in [-0.05, 0) is 31.7 Å². The van der Waals surface area contributed by atoms with Crippen LogP contribution in [0.4, 0.5) is 0 Å². The van der Waals surface area contributed by atoms with Crippen molar-refractivity contribution in [3.8, 4) is 0 Å². The second-order valence-electron chi connectivity index (χ2n) is 5.09. The van der Waals surface area contributed by atoms with Crippen molar-refractivity contribution in [2.24, 2.45) is 5.73 Å². The van der Waals surface area contributed by atoms with Crippen molar-refractivity contribution in [1.82, 2.24) is 9.78 Å². The molecule has 1 heterocycles. The van der Waals surface area contributed by atoms with Crippen LogP contribution in [0.15, 0.2) is 30.3 Å². The van der Waals surface area contributed by atoms with Gasteiger partial charge in [-0.2, -0.15) is 5.10 Å². The van der Waals surface area contributed by atoms with Crippen molar-refractivity contribution in [3.63, 3.8) is 0 Å². The van der Waals surface area contributed by atoms with Gasteiger partial charge in [-0.15, -0.1) is 0 Å². The minimum Gasteiger partial charge on any atom is -0.324 e. The van der Waals surface area contributed by atoms with Crippen LogP contribution in [0.1, 0.15) is 41.4 Å². The summed E-state index contributed by atoms with van der Waals surface area (Å²) in [7, 11) is 0. The molecule has 2 aromatic rings. The molecular formula is C15H19N3. The predicted octanol–water partition coefficient (Wildman–Crippen LogP) is 2.58. The first kappa shape index (κ1) is 11.5. The Bertz CT molecular complexity index is 542. The lowest BCUT2D eigenvalue weighted by Gasteiger charge is -2.20. The summed E-state index contributed by atoms with van der Waals surface area (Å²) in [5.41, 5.74) is 11.2. The summed E-state index contributed by atoms with van der Waals surface area (Å²) in [6, 6.07) is 10.7. The van der Waals surface area contributed by atoms with Gasteiger partial charge in [0.05, 0.1) is 12.2 Å². The first-order valence-electron chi connectivity index (χ1n) is 6.61. The number of aryl methyl sites for hydroxylation is 1. The molecule has 0 fully saturated rings. The van der Waals surface area contributed by atoms with Crippen LogP contribution in [0.2, 0.25) is 0 Å². The number of fused-ring (bicyclic) bond motifs is 1. The zero-order valence-corrected chi connectivity index (χ0v) is 10.8. The lowest BCUT2D eigenvalue weighted by atomic mass is 9.92. The zero-order valence-electron chi connectivity index (χ0n) is 10.8. The minimum atomic E-state index is 0.179. The molecule has 0 saturated heterocycles. The number of nitrogens with two attached hydrogens (primary N) is 1. The van der Waals surface area contributed by atoms with Gasteiger partial charge in [0, 0.05) is 17.3 Å². The van der Waals surface area contributed by atoms with Gasteiger partial charge in [0.25, 0.3) is 0 Å². The van der Waals surface area contributed by atoms with Crippen LogP contribution >= 0.6 is 0 Å². The van der Waals surface area contributed by atoms with Crippen LogP contribution in [-0.4, -0.2) is 9.78 Å². The van der Waals surface area contributed by atoms with E-state index in [1.54, 1.807) is 0 Å². The van der Waals surface area contributed by atoms with E-state index >= 15 is 0 Å². The molecule has 1 atom stereocenters. The first-order valence-corrected chi connectivity index (χ1v) is 6.61. The maximum Gasteiger partial charge on any atom is 0.0662 e. The molecular weight excluding hydrogens is 222 g/mol. The molecule has 1 unspecified atom stereocenters. The van der Waals surface area contributed by atoms with Gasteiger partial charge >= 0.3 is 0 Å². The summed E-state index contributed by atoms with van der Waals surface area (Å²) in [4.78, 5) is 0. The number of benzene rings is 1. The van der Waals surface area contributed by atoms with Gasteiger partial charge in [0.1, 0.15) is 0 Å². The number of rotatable bonds is 2. The van der Waals surface area contributed by atoms with E-state index in [-0.39, 0.29) is 6.04 Å². The van der Waals surface area contributed by atoms with Crippen LogP contribution in [0, 0.1) is 6.92 Å². The van der Waals surface area contributed by atoms with E-state index in [4.69, 9.17) is 5.73 Å². The fraction of sp³-hybridized carbons (Fsp3) is 0.400. The van der Waals surface area contributed by atoms with Gasteiger partial charge in [-0.1, -0.05) is 30.3 Å². The maximum absolute atomic E-state index is 6.20. The van der Waals surface area contributed by atoms with E-state index in [1.165, 1.54) is 23.2 Å². The molecule has 0 amide bonds. The van der Waals surface area contributed by atoms with Gasteiger partial charge < -0.3 is 5.73 Å². The molecule has 3 rings (SSSR count). The zero-order chi connectivity index (χ0) is 12.5. The van der Waals surface area contributed by atoms with E-state index in [0.29, 0.717) is 0 Å². The quantitative estimate of drug-likeness (QED) is 0.878. The number of nitrogens with zero attached hydrogens (tertiary/aromatic N) is 2. The molecule has 0 bridgehead atoms. The molecule has 3 heteroatoms. The van der Waals surface area contributed by atoms with Crippen LogP contribution in [-0.2, 0) is 13.0 Å². The Morgan fingerprint density at radius 1 is 1.33 bits per heavy atom. The van der Waals surface area contributed by atoms with Crippen LogP contribution in [0.3, 0.4) is 0 Å². The summed E-state index contributed by atoms with van der Waals surface area (Å²) < 4.78 is 2.14. The van der Waals surface area contributed by atoms with Gasteiger partial charge in [0.2, 0.25) is 0 Å². The SMILES string of the molecule is Cc1nn(Cc2ccccc2)c2c1C(N)CCC2. The van der Waals surface area contributed by atoms with Crippen molar-refractivity contribution in [1.29, 1.82) is 0 Å². The Kier molecular flexibility index (Phi) is 2.92. The predicted molar refractivity (Wildman–Crippen MR) is 72.4 cm³/mol. The summed E-state index contributed by atoms with van der Waals surface area (Å²) in [5.74, 6) is 0. The topological polar surface area (TPSA) is 43.8 Å². The molecule has 1 aliphatic carbocycles. The van der Waals surface area contributed by atoms with Crippen molar-refractivity contribution in [3.05, 3.63) is 52.8 Å². The van der Waals surface area contributed by atoms with E-state index in [2.05, 4.69) is 41.0 Å². The normalized spacial score (nSPS) is 18.7. The lowest BCUT2D eigenvalue weighted by molar-refractivity contribution is 0.537. The standard InChI is InChI=1S/C15H19N3/c1-11-15-13(16)8-5-9-14(15)18(17-11)10-12-6-3-2-4-7-12/h2-4,6-7,13H,5,8-10,16H2,1H3. The maximum atomic E-state index is 6.20. The molecule has 0 saturated carbocycles. The van der Waals surface area contributed by atoms with Gasteiger partial charge in [0.15, 0.2) is 0 Å². The average molecular weight is 241 g/mol. The summed E-state index contributed by atoms with van der Waals surface area (Å²) in [5, 5.41) is 4.67. The Hall–Kier alpha value is -1.61. The average Bonchev–Trinajstić information content (AvgIpc) is 2.69. The Morgan fingerprint density at radius 3 is 2.89 bits per heavy atom. The summed E-state index contributed by atoms with van der Waals surface area (Å²) >= 11 is 0. The molecule has 2 N–H and O–H groups in total. The highest BCUT2D eigenvalue weighted by molar-refractivity contribution is 5.32. The monoisotopic (exact) mass is 241 g/mol. The van der Waals surface area contributed by atoms with Crippen molar-refractivity contribution >= 4 is 0 Å². The third-order valence-electron chi connectivity index (χ3n) is 3.76. The van der Waals surface area contributed by atoms with Gasteiger partial charge in [-0.25, -0.2) is 0 Å². The van der Waals surface area contributed by atoms with Gasteiger partial charge in [-0.3, -0.25) is 4.68 Å². The number of aromatic nitrogens is 2. The lowest BCUT2D eigenvalue weighted by Crippen LogP contribution is -2.19. The second kappa shape index (κ2) is 4.58. The summed E-state index contributed by atoms with van der Waals surface area (Å²) in [6.45, 7) is 2.93. The van der Waals surface area contributed by atoms with Crippen molar-refractivity contribution in [2.45, 2.75) is 38.8 Å². The fourth-order valence-corrected chi connectivity index (χ4v) is 2.91. The smallest absolute Gasteiger partial charge is 0.0662 e. The number of hydrogen-bond donors (Lipinski definition) is 1. The second-order valence-corrected chi connectivity index (χ2v) is 5.09. The number of hydrogen-bond acceptors (Lipinski definition) is 2. The third kappa shape index (κ3) is 1.95. The van der Waals surface area contributed by atoms with E-state index < -0.39 is 0 Å². The minimum absolute atomic E-state index is 0.179. The van der Waals surface area contributed by atoms with E-state index in [1.807, 2.05) is 6.07 Å². The van der Waals surface area contributed by atoms with Crippen molar-refractivity contribution < 1.29 is 0 Å². The molecule has 0 spiro atoms. The Morgan fingerprint density at radius 2 is 2.11 bits per heavy atom.